The standard InChI is InChI=1S/C21H38N4O3/c1-13(2)17(22)20(27)24-9-5-15(6-10-24)19(26)16-7-11-25(12-8-16)21(28)18(23)14(3)4/h13-18H,5-12,22-23H2,1-4H3/t17-,18-/m0/s1. The number of hydrogen-bond acceptors (Lipinski definition) is 5. The minimum absolute atomic E-state index is 0.00536. The Bertz CT molecular complexity index is 514. The molecule has 0 aliphatic carbocycles. The number of piperidine rings is 2. The van der Waals surface area contributed by atoms with Crippen LogP contribution in [0.1, 0.15) is 53.4 Å². The third-order valence-electron chi connectivity index (χ3n) is 6.42. The van der Waals surface area contributed by atoms with Crippen LogP contribution in [0.25, 0.3) is 0 Å². The van der Waals surface area contributed by atoms with Gasteiger partial charge in [0.1, 0.15) is 5.78 Å². The molecule has 0 bridgehead atoms. The van der Waals surface area contributed by atoms with Crippen LogP contribution >= 0.6 is 0 Å². The van der Waals surface area contributed by atoms with Crippen LogP contribution in [0.3, 0.4) is 0 Å². The second-order valence-electron chi connectivity index (χ2n) is 9.14. The number of nitrogens with zero attached hydrogens (tertiary/aromatic N) is 2. The lowest BCUT2D eigenvalue weighted by Gasteiger charge is -2.37. The highest BCUT2D eigenvalue weighted by Gasteiger charge is 2.36. The highest BCUT2D eigenvalue weighted by molar-refractivity contribution is 5.86. The minimum Gasteiger partial charge on any atom is -0.341 e. The van der Waals surface area contributed by atoms with Crippen molar-refractivity contribution in [2.45, 2.75) is 65.5 Å². The largest absolute Gasteiger partial charge is 0.341 e. The van der Waals surface area contributed by atoms with E-state index < -0.39 is 12.1 Å². The SMILES string of the molecule is CC(C)[C@H](N)C(=O)N1CCC(C(=O)C2CCN(C(=O)[C@@H](N)C(C)C)CC2)CC1. The number of hydrogen-bond donors (Lipinski definition) is 2. The summed E-state index contributed by atoms with van der Waals surface area (Å²) < 4.78 is 0. The Balaban J connectivity index is 1.80. The van der Waals surface area contributed by atoms with Gasteiger partial charge < -0.3 is 21.3 Å². The molecule has 2 amide bonds. The summed E-state index contributed by atoms with van der Waals surface area (Å²) in [5.74, 6) is 0.560. The normalized spacial score (nSPS) is 21.9. The van der Waals surface area contributed by atoms with Crippen molar-refractivity contribution >= 4 is 17.6 Å². The molecule has 2 heterocycles. The predicted molar refractivity (Wildman–Crippen MR) is 109 cm³/mol. The lowest BCUT2D eigenvalue weighted by molar-refractivity contribution is -0.140. The topological polar surface area (TPSA) is 110 Å². The van der Waals surface area contributed by atoms with Crippen LogP contribution in [0.15, 0.2) is 0 Å². The number of rotatable bonds is 6. The third-order valence-corrected chi connectivity index (χ3v) is 6.42. The molecule has 160 valence electrons. The van der Waals surface area contributed by atoms with Crippen molar-refractivity contribution in [1.82, 2.24) is 9.80 Å². The Morgan fingerprint density at radius 2 is 0.964 bits per heavy atom. The molecule has 0 saturated carbocycles. The molecule has 2 aliphatic rings. The van der Waals surface area contributed by atoms with E-state index in [9.17, 15) is 14.4 Å². The zero-order chi connectivity index (χ0) is 21.0. The van der Waals surface area contributed by atoms with Gasteiger partial charge in [-0.3, -0.25) is 14.4 Å². The van der Waals surface area contributed by atoms with E-state index in [1.165, 1.54) is 0 Å². The Morgan fingerprint density at radius 1 is 0.679 bits per heavy atom. The van der Waals surface area contributed by atoms with Crippen LogP contribution in [0, 0.1) is 23.7 Å². The number of Topliss-reactive ketones (excluding diaryl/α,β-unsaturated/α-hetero) is 1. The molecule has 2 aliphatic heterocycles. The molecule has 2 saturated heterocycles. The summed E-state index contributed by atoms with van der Waals surface area (Å²) in [5, 5.41) is 0. The van der Waals surface area contributed by atoms with E-state index in [0.717, 1.165) is 0 Å². The number of likely N-dealkylation sites (tertiary alicyclic amines) is 2. The zero-order valence-electron chi connectivity index (χ0n) is 17.9. The predicted octanol–water partition coefficient (Wildman–Crippen LogP) is 0.999. The van der Waals surface area contributed by atoms with Crippen LogP contribution in [0.4, 0.5) is 0 Å². The smallest absolute Gasteiger partial charge is 0.239 e. The van der Waals surface area contributed by atoms with E-state index in [4.69, 9.17) is 11.5 Å². The monoisotopic (exact) mass is 394 g/mol. The van der Waals surface area contributed by atoms with E-state index in [-0.39, 0.29) is 35.5 Å². The van der Waals surface area contributed by atoms with E-state index in [0.29, 0.717) is 57.6 Å². The molecule has 7 nitrogen and oxygen atoms in total. The van der Waals surface area contributed by atoms with Crippen molar-refractivity contribution in [2.75, 3.05) is 26.2 Å². The molecule has 0 aromatic rings. The first-order chi connectivity index (χ1) is 13.1. The van der Waals surface area contributed by atoms with Gasteiger partial charge in [0.15, 0.2) is 0 Å². The molecule has 28 heavy (non-hydrogen) atoms. The first kappa shape index (κ1) is 22.8. The zero-order valence-corrected chi connectivity index (χ0v) is 17.9. The molecule has 2 rings (SSSR count). The van der Waals surface area contributed by atoms with Crippen LogP contribution in [0.5, 0.6) is 0 Å². The Kier molecular flexibility index (Phi) is 8.01. The summed E-state index contributed by atoms with van der Waals surface area (Å²) >= 11 is 0. The van der Waals surface area contributed by atoms with Crippen LogP contribution in [0.2, 0.25) is 0 Å². The maximum absolute atomic E-state index is 12.9. The molecule has 7 heteroatoms. The van der Waals surface area contributed by atoms with Crippen molar-refractivity contribution < 1.29 is 14.4 Å². The van der Waals surface area contributed by atoms with E-state index in [1.807, 2.05) is 37.5 Å². The summed E-state index contributed by atoms with van der Waals surface area (Å²) in [6.07, 6.45) is 2.86. The van der Waals surface area contributed by atoms with E-state index in [1.54, 1.807) is 0 Å². The molecule has 2 fully saturated rings. The van der Waals surface area contributed by atoms with Crippen LogP contribution < -0.4 is 11.5 Å². The summed E-state index contributed by atoms with van der Waals surface area (Å²) in [4.78, 5) is 41.3. The van der Waals surface area contributed by atoms with Gasteiger partial charge in [-0.05, 0) is 37.5 Å². The van der Waals surface area contributed by atoms with Gasteiger partial charge in [0.05, 0.1) is 12.1 Å². The van der Waals surface area contributed by atoms with Gasteiger partial charge in [0.2, 0.25) is 11.8 Å². The maximum Gasteiger partial charge on any atom is 0.239 e. The molecular formula is C21H38N4O3. The van der Waals surface area contributed by atoms with Gasteiger partial charge >= 0.3 is 0 Å². The maximum atomic E-state index is 12.9. The lowest BCUT2D eigenvalue weighted by Crippen LogP contribution is -2.51. The molecule has 0 aromatic heterocycles. The number of nitrogens with two attached hydrogens (primary N) is 2. The molecule has 0 unspecified atom stereocenters. The molecule has 4 N–H and O–H groups in total. The Labute approximate surface area is 169 Å². The van der Waals surface area contributed by atoms with Crippen molar-refractivity contribution in [3.05, 3.63) is 0 Å². The highest BCUT2D eigenvalue weighted by atomic mass is 16.2. The van der Waals surface area contributed by atoms with Gasteiger partial charge in [0, 0.05) is 38.0 Å². The summed E-state index contributed by atoms with van der Waals surface area (Å²) in [7, 11) is 0. The first-order valence-corrected chi connectivity index (χ1v) is 10.8. The van der Waals surface area contributed by atoms with Gasteiger partial charge in [-0.1, -0.05) is 27.7 Å². The van der Waals surface area contributed by atoms with Crippen molar-refractivity contribution in [3.8, 4) is 0 Å². The average molecular weight is 395 g/mol. The van der Waals surface area contributed by atoms with E-state index >= 15 is 0 Å². The minimum atomic E-state index is -0.466. The fourth-order valence-corrected chi connectivity index (χ4v) is 4.09. The number of carbonyl (C=O) groups is 3. The molecule has 0 spiro atoms. The average Bonchev–Trinajstić information content (AvgIpc) is 2.71. The molecule has 0 radical (unpaired) electrons. The van der Waals surface area contributed by atoms with Crippen molar-refractivity contribution in [2.24, 2.45) is 35.1 Å². The summed E-state index contributed by atoms with van der Waals surface area (Å²) in [6.45, 7) is 10.2. The third kappa shape index (κ3) is 5.32. The van der Waals surface area contributed by atoms with Crippen molar-refractivity contribution in [1.29, 1.82) is 0 Å². The number of amides is 2. The Hall–Kier alpha value is -1.47. The quantitative estimate of drug-likeness (QED) is 0.698. The van der Waals surface area contributed by atoms with Crippen LogP contribution in [-0.2, 0) is 14.4 Å². The summed E-state index contributed by atoms with van der Waals surface area (Å²) in [5.41, 5.74) is 12.0. The second-order valence-corrected chi connectivity index (χ2v) is 9.14. The molecule has 2 atom stereocenters. The van der Waals surface area contributed by atoms with E-state index in [2.05, 4.69) is 0 Å². The number of carbonyl (C=O) groups excluding carboxylic acids is 3. The van der Waals surface area contributed by atoms with Gasteiger partial charge in [-0.25, -0.2) is 0 Å². The first-order valence-electron chi connectivity index (χ1n) is 10.8. The fraction of sp³-hybridized carbons (Fsp3) is 0.857. The van der Waals surface area contributed by atoms with Gasteiger partial charge in [-0.2, -0.15) is 0 Å². The van der Waals surface area contributed by atoms with Crippen molar-refractivity contribution in [3.63, 3.8) is 0 Å². The van der Waals surface area contributed by atoms with Gasteiger partial charge in [0.25, 0.3) is 0 Å². The highest BCUT2D eigenvalue weighted by Crippen LogP contribution is 2.28. The lowest BCUT2D eigenvalue weighted by atomic mass is 9.81. The summed E-state index contributed by atoms with van der Waals surface area (Å²) in [6, 6.07) is -0.933. The second kappa shape index (κ2) is 9.83. The van der Waals surface area contributed by atoms with Gasteiger partial charge in [-0.15, -0.1) is 0 Å². The molecule has 0 aromatic carbocycles. The number of ketones is 1. The molecular weight excluding hydrogens is 356 g/mol. The Morgan fingerprint density at radius 3 is 1.21 bits per heavy atom. The fourth-order valence-electron chi connectivity index (χ4n) is 4.09. The van der Waals surface area contributed by atoms with Crippen LogP contribution in [-0.4, -0.2) is 65.7 Å².